The molecule has 1 saturated heterocycles. The molecule has 0 unspecified atom stereocenters. The van der Waals surface area contributed by atoms with Crippen LogP contribution < -0.4 is 11.3 Å². The fourth-order valence-electron chi connectivity index (χ4n) is 2.24. The van der Waals surface area contributed by atoms with Crippen LogP contribution in [0.25, 0.3) is 11.2 Å². The Kier molecular flexibility index (Phi) is 3.17. The van der Waals surface area contributed by atoms with Gasteiger partial charge in [0.05, 0.1) is 24.3 Å². The van der Waals surface area contributed by atoms with Crippen LogP contribution in [0.3, 0.4) is 0 Å². The standard InChI is InChI=1S/C10H13N5O4S/c11-10-13-7-4(8(18)14-10)12-2-15(7)9-6(20)5(17)3(1-16)19-9/h2-3,5-6,9,16-17,20H,1H2,(H3,11,13,14,18)/t3-,5-,6+,9-/m1/s1. The lowest BCUT2D eigenvalue weighted by Gasteiger charge is -2.16. The van der Waals surface area contributed by atoms with E-state index in [1.165, 1.54) is 10.9 Å². The number of nitrogen functional groups attached to an aromatic ring is 1. The van der Waals surface area contributed by atoms with E-state index in [2.05, 4.69) is 27.6 Å². The van der Waals surface area contributed by atoms with Crippen molar-refractivity contribution in [3.63, 3.8) is 0 Å². The maximum absolute atomic E-state index is 11.7. The van der Waals surface area contributed by atoms with Gasteiger partial charge in [-0.1, -0.05) is 0 Å². The molecule has 1 fully saturated rings. The van der Waals surface area contributed by atoms with Gasteiger partial charge in [-0.05, 0) is 0 Å². The molecular formula is C10H13N5O4S. The summed E-state index contributed by atoms with van der Waals surface area (Å²) in [6.07, 6.45) is -1.03. The number of imidazole rings is 1. The third-order valence-electron chi connectivity index (χ3n) is 3.24. The van der Waals surface area contributed by atoms with Crippen LogP contribution in [0.4, 0.5) is 5.95 Å². The van der Waals surface area contributed by atoms with Crippen LogP contribution in [0.2, 0.25) is 0 Å². The quantitative estimate of drug-likeness (QED) is 0.414. The lowest BCUT2D eigenvalue weighted by molar-refractivity contribution is -0.0430. The maximum Gasteiger partial charge on any atom is 0.280 e. The summed E-state index contributed by atoms with van der Waals surface area (Å²) in [5.41, 5.74) is 5.40. The van der Waals surface area contributed by atoms with Gasteiger partial charge in [-0.25, -0.2) is 4.98 Å². The van der Waals surface area contributed by atoms with Gasteiger partial charge in [0.25, 0.3) is 5.56 Å². The summed E-state index contributed by atoms with van der Waals surface area (Å²) < 4.78 is 6.99. The zero-order chi connectivity index (χ0) is 14.4. The van der Waals surface area contributed by atoms with Crippen LogP contribution in [0.1, 0.15) is 6.23 Å². The minimum atomic E-state index is -0.940. The van der Waals surface area contributed by atoms with E-state index in [4.69, 9.17) is 15.6 Å². The number of nitrogens with zero attached hydrogens (tertiary/aromatic N) is 3. The summed E-state index contributed by atoms with van der Waals surface area (Å²) in [4.78, 5) is 22.0. The molecule has 0 bridgehead atoms. The minimum absolute atomic E-state index is 0.0442. The predicted octanol–water partition coefficient (Wildman–Crippen LogP) is -1.75. The van der Waals surface area contributed by atoms with Gasteiger partial charge in [0.1, 0.15) is 6.10 Å². The molecule has 0 saturated carbocycles. The average molecular weight is 299 g/mol. The van der Waals surface area contributed by atoms with E-state index in [0.29, 0.717) is 0 Å². The highest BCUT2D eigenvalue weighted by Crippen LogP contribution is 2.34. The Labute approximate surface area is 117 Å². The number of aromatic nitrogens is 4. The summed E-state index contributed by atoms with van der Waals surface area (Å²) in [7, 11) is 0. The van der Waals surface area contributed by atoms with Gasteiger partial charge in [-0.15, -0.1) is 0 Å². The molecule has 0 aromatic carbocycles. The number of aliphatic hydroxyl groups is 2. The number of nitrogens with two attached hydrogens (primary N) is 1. The molecular weight excluding hydrogens is 286 g/mol. The Morgan fingerprint density at radius 3 is 3.00 bits per heavy atom. The van der Waals surface area contributed by atoms with Gasteiger partial charge >= 0.3 is 0 Å². The van der Waals surface area contributed by atoms with Crippen LogP contribution in [-0.2, 0) is 4.74 Å². The van der Waals surface area contributed by atoms with Crippen molar-refractivity contribution < 1.29 is 14.9 Å². The van der Waals surface area contributed by atoms with Crippen LogP contribution in [-0.4, -0.2) is 53.8 Å². The molecule has 3 rings (SSSR count). The van der Waals surface area contributed by atoms with Crippen molar-refractivity contribution in [2.45, 2.75) is 23.7 Å². The second kappa shape index (κ2) is 4.74. The number of ether oxygens (including phenoxy) is 1. The molecule has 0 amide bonds. The number of aliphatic hydroxyl groups excluding tert-OH is 2. The van der Waals surface area contributed by atoms with Gasteiger partial charge in [0.2, 0.25) is 5.95 Å². The van der Waals surface area contributed by atoms with Crippen molar-refractivity contribution in [1.29, 1.82) is 0 Å². The molecule has 9 nitrogen and oxygen atoms in total. The molecule has 108 valence electrons. The minimum Gasteiger partial charge on any atom is -0.394 e. The normalized spacial score (nSPS) is 30.1. The number of rotatable bonds is 2. The number of thiol groups is 1. The zero-order valence-electron chi connectivity index (χ0n) is 10.2. The molecule has 1 aliphatic rings. The SMILES string of the molecule is Nc1nc2c(ncn2[C@@H]2O[C@H](CO)[C@@H](O)[C@@H]2S)c(=O)[nH]1. The highest BCUT2D eigenvalue weighted by molar-refractivity contribution is 7.81. The summed E-state index contributed by atoms with van der Waals surface area (Å²) >= 11 is 4.28. The van der Waals surface area contributed by atoms with E-state index in [1.54, 1.807) is 0 Å². The molecule has 3 heterocycles. The van der Waals surface area contributed by atoms with E-state index in [-0.39, 0.29) is 23.7 Å². The summed E-state index contributed by atoms with van der Waals surface area (Å²) in [6, 6.07) is 0. The number of nitrogens with one attached hydrogen (secondary N) is 1. The van der Waals surface area contributed by atoms with E-state index in [0.717, 1.165) is 0 Å². The molecule has 0 aliphatic carbocycles. The van der Waals surface area contributed by atoms with Crippen molar-refractivity contribution in [1.82, 2.24) is 19.5 Å². The molecule has 0 spiro atoms. The Balaban J connectivity index is 2.09. The highest BCUT2D eigenvalue weighted by atomic mass is 32.1. The Morgan fingerprint density at radius 2 is 2.35 bits per heavy atom. The van der Waals surface area contributed by atoms with Crippen molar-refractivity contribution >= 4 is 29.7 Å². The van der Waals surface area contributed by atoms with Crippen molar-refractivity contribution in [2.75, 3.05) is 12.3 Å². The Bertz CT molecular complexity index is 701. The average Bonchev–Trinajstić information content (AvgIpc) is 2.93. The molecule has 2 aromatic rings. The molecule has 10 heteroatoms. The largest absolute Gasteiger partial charge is 0.394 e. The highest BCUT2D eigenvalue weighted by Gasteiger charge is 2.43. The van der Waals surface area contributed by atoms with Crippen LogP contribution in [0.5, 0.6) is 0 Å². The monoisotopic (exact) mass is 299 g/mol. The van der Waals surface area contributed by atoms with E-state index in [1.807, 2.05) is 0 Å². The van der Waals surface area contributed by atoms with Crippen molar-refractivity contribution in [3.8, 4) is 0 Å². The molecule has 0 radical (unpaired) electrons. The van der Waals surface area contributed by atoms with E-state index in [9.17, 15) is 9.90 Å². The van der Waals surface area contributed by atoms with Crippen LogP contribution in [0, 0.1) is 0 Å². The van der Waals surface area contributed by atoms with Gasteiger partial charge in [-0.3, -0.25) is 14.3 Å². The van der Waals surface area contributed by atoms with Gasteiger partial charge < -0.3 is 20.7 Å². The Hall–Kier alpha value is -1.62. The summed E-state index contributed by atoms with van der Waals surface area (Å²) in [6.45, 7) is -0.336. The second-order valence-electron chi connectivity index (χ2n) is 4.50. The van der Waals surface area contributed by atoms with Gasteiger partial charge in [0, 0.05) is 0 Å². The second-order valence-corrected chi connectivity index (χ2v) is 5.10. The predicted molar refractivity (Wildman–Crippen MR) is 72.3 cm³/mol. The topological polar surface area (TPSA) is 139 Å². The first-order valence-corrected chi connectivity index (χ1v) is 6.39. The number of aromatic amines is 1. The smallest absolute Gasteiger partial charge is 0.280 e. The number of hydrogen-bond acceptors (Lipinski definition) is 8. The fourth-order valence-corrected chi connectivity index (χ4v) is 2.65. The first-order valence-electron chi connectivity index (χ1n) is 5.87. The number of anilines is 1. The molecule has 1 aliphatic heterocycles. The lowest BCUT2D eigenvalue weighted by Crippen LogP contribution is -2.30. The van der Waals surface area contributed by atoms with Gasteiger partial charge in [0.15, 0.2) is 17.4 Å². The zero-order valence-corrected chi connectivity index (χ0v) is 11.1. The van der Waals surface area contributed by atoms with E-state index < -0.39 is 29.2 Å². The lowest BCUT2D eigenvalue weighted by atomic mass is 10.2. The summed E-state index contributed by atoms with van der Waals surface area (Å²) in [5, 5.41) is 18.4. The van der Waals surface area contributed by atoms with Crippen molar-refractivity contribution in [2.24, 2.45) is 0 Å². The molecule has 20 heavy (non-hydrogen) atoms. The number of hydrogen-bond donors (Lipinski definition) is 5. The van der Waals surface area contributed by atoms with Gasteiger partial charge in [-0.2, -0.15) is 17.6 Å². The third-order valence-corrected chi connectivity index (χ3v) is 3.80. The summed E-state index contributed by atoms with van der Waals surface area (Å²) in [5.74, 6) is -0.0442. The van der Waals surface area contributed by atoms with E-state index >= 15 is 0 Å². The van der Waals surface area contributed by atoms with Crippen LogP contribution in [0.15, 0.2) is 11.1 Å². The third kappa shape index (κ3) is 1.88. The van der Waals surface area contributed by atoms with Crippen molar-refractivity contribution in [3.05, 3.63) is 16.7 Å². The number of H-pyrrole nitrogens is 1. The molecule has 5 N–H and O–H groups in total. The maximum atomic E-state index is 11.7. The molecule has 2 aromatic heterocycles. The Morgan fingerprint density at radius 1 is 1.60 bits per heavy atom. The first-order chi connectivity index (χ1) is 9.52. The van der Waals surface area contributed by atoms with Crippen LogP contribution >= 0.6 is 12.6 Å². The number of fused-ring (bicyclic) bond motifs is 1. The fraction of sp³-hybridized carbons (Fsp3) is 0.500. The first kappa shape index (κ1) is 13.4. The molecule has 4 atom stereocenters.